The third-order valence-corrected chi connectivity index (χ3v) is 4.10. The van der Waals surface area contributed by atoms with Gasteiger partial charge in [-0.3, -0.25) is 4.68 Å². The van der Waals surface area contributed by atoms with Crippen LogP contribution < -0.4 is 0 Å². The zero-order chi connectivity index (χ0) is 12.8. The van der Waals surface area contributed by atoms with Crippen LogP contribution in [0.25, 0.3) is 0 Å². The molecule has 1 atom stereocenters. The van der Waals surface area contributed by atoms with Crippen LogP contribution in [0.2, 0.25) is 0 Å². The van der Waals surface area contributed by atoms with Crippen molar-refractivity contribution >= 4 is 15.9 Å². The number of aryl methyl sites for hydroxylation is 2. The van der Waals surface area contributed by atoms with Crippen LogP contribution in [-0.4, -0.2) is 15.1 Å². The molecule has 1 heterocycles. The number of aromatic nitrogens is 2. The molecule has 0 aliphatic carbocycles. The van der Waals surface area contributed by atoms with E-state index in [9.17, 15) is 0 Å². The second kappa shape index (κ2) is 6.74. The van der Waals surface area contributed by atoms with Crippen molar-refractivity contribution in [1.29, 1.82) is 0 Å². The van der Waals surface area contributed by atoms with Crippen molar-refractivity contribution in [1.82, 2.24) is 9.78 Å². The van der Waals surface area contributed by atoms with Crippen LogP contribution in [0, 0.1) is 5.92 Å². The van der Waals surface area contributed by atoms with E-state index in [1.54, 1.807) is 0 Å². The van der Waals surface area contributed by atoms with E-state index in [1.165, 1.54) is 17.5 Å². The Balaban J connectivity index is 1.86. The molecule has 0 amide bonds. The van der Waals surface area contributed by atoms with Gasteiger partial charge in [0.05, 0.1) is 6.20 Å². The summed E-state index contributed by atoms with van der Waals surface area (Å²) in [7, 11) is 1.97. The van der Waals surface area contributed by atoms with Crippen molar-refractivity contribution in [3.63, 3.8) is 0 Å². The molecular formula is C15H19BrN2. The monoisotopic (exact) mass is 306 g/mol. The smallest absolute Gasteiger partial charge is 0.0521 e. The molecule has 0 N–H and O–H groups in total. The molecule has 1 aromatic heterocycles. The lowest BCUT2D eigenvalue weighted by Gasteiger charge is -2.13. The average Bonchev–Trinajstić information content (AvgIpc) is 2.81. The number of halogens is 1. The summed E-state index contributed by atoms with van der Waals surface area (Å²) in [5, 5.41) is 5.27. The molecule has 0 bridgehead atoms. The van der Waals surface area contributed by atoms with Crippen LogP contribution in [0.4, 0.5) is 0 Å². The number of hydrogen-bond donors (Lipinski definition) is 0. The van der Waals surface area contributed by atoms with Crippen LogP contribution in [0.1, 0.15) is 17.5 Å². The molecule has 0 saturated carbocycles. The average molecular weight is 307 g/mol. The Labute approximate surface area is 117 Å². The maximum Gasteiger partial charge on any atom is 0.0521 e. The molecule has 18 heavy (non-hydrogen) atoms. The van der Waals surface area contributed by atoms with Gasteiger partial charge in [0.25, 0.3) is 0 Å². The molecule has 0 saturated heterocycles. The van der Waals surface area contributed by atoms with E-state index in [0.717, 1.165) is 18.2 Å². The van der Waals surface area contributed by atoms with Crippen molar-refractivity contribution < 1.29 is 0 Å². The Hall–Kier alpha value is -1.09. The van der Waals surface area contributed by atoms with Crippen molar-refractivity contribution in [3.05, 3.63) is 53.9 Å². The molecule has 1 aromatic carbocycles. The van der Waals surface area contributed by atoms with Gasteiger partial charge in [0, 0.05) is 18.6 Å². The minimum absolute atomic E-state index is 0.688. The number of hydrogen-bond acceptors (Lipinski definition) is 1. The van der Waals surface area contributed by atoms with E-state index < -0.39 is 0 Å². The maximum absolute atomic E-state index is 4.21. The summed E-state index contributed by atoms with van der Waals surface area (Å²) in [6.07, 6.45) is 7.52. The van der Waals surface area contributed by atoms with Gasteiger partial charge in [0.1, 0.15) is 0 Å². The fourth-order valence-electron chi connectivity index (χ4n) is 2.15. The van der Waals surface area contributed by atoms with Crippen molar-refractivity contribution in [2.24, 2.45) is 13.0 Å². The van der Waals surface area contributed by atoms with Crippen LogP contribution in [-0.2, 0) is 19.9 Å². The highest BCUT2D eigenvalue weighted by atomic mass is 79.9. The number of alkyl halides is 1. The van der Waals surface area contributed by atoms with Crippen LogP contribution in [0.3, 0.4) is 0 Å². The molecule has 0 spiro atoms. The van der Waals surface area contributed by atoms with Gasteiger partial charge in [0.2, 0.25) is 0 Å². The lowest BCUT2D eigenvalue weighted by molar-refractivity contribution is 0.542. The first-order valence-electron chi connectivity index (χ1n) is 6.35. The second-order valence-electron chi connectivity index (χ2n) is 4.77. The molecule has 2 nitrogen and oxygen atoms in total. The third kappa shape index (κ3) is 3.98. The summed E-state index contributed by atoms with van der Waals surface area (Å²) in [6.45, 7) is 0. The molecule has 2 rings (SSSR count). The fraction of sp³-hybridized carbons (Fsp3) is 0.400. The van der Waals surface area contributed by atoms with Crippen LogP contribution in [0.5, 0.6) is 0 Å². The zero-order valence-electron chi connectivity index (χ0n) is 10.7. The summed E-state index contributed by atoms with van der Waals surface area (Å²) in [5.41, 5.74) is 2.75. The molecule has 3 heteroatoms. The van der Waals surface area contributed by atoms with Gasteiger partial charge in [-0.05, 0) is 36.3 Å². The van der Waals surface area contributed by atoms with Crippen molar-refractivity contribution in [2.45, 2.75) is 19.3 Å². The van der Waals surface area contributed by atoms with Gasteiger partial charge in [-0.25, -0.2) is 0 Å². The maximum atomic E-state index is 4.21. The van der Waals surface area contributed by atoms with E-state index >= 15 is 0 Å². The molecular weight excluding hydrogens is 288 g/mol. The standard InChI is InChI=1S/C15H19BrN2/c1-18-12-15(11-17-18)8-7-14(10-16)9-13-5-3-2-4-6-13/h2-6,11-12,14H,7-10H2,1H3. The molecule has 0 aliphatic rings. The fourth-order valence-corrected chi connectivity index (χ4v) is 2.71. The summed E-state index contributed by atoms with van der Waals surface area (Å²) in [6, 6.07) is 10.7. The van der Waals surface area contributed by atoms with Crippen LogP contribution in [0.15, 0.2) is 42.7 Å². The minimum Gasteiger partial charge on any atom is -0.276 e. The van der Waals surface area contributed by atoms with Gasteiger partial charge in [0.15, 0.2) is 0 Å². The summed E-state index contributed by atoms with van der Waals surface area (Å²) >= 11 is 3.63. The summed E-state index contributed by atoms with van der Waals surface area (Å²) < 4.78 is 1.87. The number of benzene rings is 1. The predicted molar refractivity (Wildman–Crippen MR) is 79.0 cm³/mol. The normalized spacial score (nSPS) is 12.6. The van der Waals surface area contributed by atoms with Crippen molar-refractivity contribution in [2.75, 3.05) is 5.33 Å². The number of rotatable bonds is 6. The van der Waals surface area contributed by atoms with Gasteiger partial charge >= 0.3 is 0 Å². The Morgan fingerprint density at radius 3 is 2.61 bits per heavy atom. The second-order valence-corrected chi connectivity index (χ2v) is 5.42. The highest BCUT2D eigenvalue weighted by Crippen LogP contribution is 2.17. The molecule has 96 valence electrons. The van der Waals surface area contributed by atoms with E-state index in [-0.39, 0.29) is 0 Å². The Morgan fingerprint density at radius 2 is 2.00 bits per heavy atom. The topological polar surface area (TPSA) is 17.8 Å². The predicted octanol–water partition coefficient (Wildman–Crippen LogP) is 3.61. The van der Waals surface area contributed by atoms with E-state index in [0.29, 0.717) is 5.92 Å². The highest BCUT2D eigenvalue weighted by Gasteiger charge is 2.09. The van der Waals surface area contributed by atoms with Gasteiger partial charge < -0.3 is 0 Å². The zero-order valence-corrected chi connectivity index (χ0v) is 12.3. The first-order valence-corrected chi connectivity index (χ1v) is 7.47. The highest BCUT2D eigenvalue weighted by molar-refractivity contribution is 9.09. The van der Waals surface area contributed by atoms with Crippen LogP contribution >= 0.6 is 15.9 Å². The Morgan fingerprint density at radius 1 is 1.22 bits per heavy atom. The largest absolute Gasteiger partial charge is 0.276 e. The lowest BCUT2D eigenvalue weighted by atomic mass is 9.95. The number of nitrogens with zero attached hydrogens (tertiary/aromatic N) is 2. The van der Waals surface area contributed by atoms with Gasteiger partial charge in [-0.2, -0.15) is 5.10 Å². The molecule has 0 radical (unpaired) electrons. The van der Waals surface area contributed by atoms with Gasteiger partial charge in [-0.15, -0.1) is 0 Å². The van der Waals surface area contributed by atoms with E-state index in [1.807, 2.05) is 17.9 Å². The molecule has 0 aliphatic heterocycles. The quantitative estimate of drug-likeness (QED) is 0.746. The third-order valence-electron chi connectivity index (χ3n) is 3.19. The Bertz CT molecular complexity index is 464. The van der Waals surface area contributed by atoms with Crippen molar-refractivity contribution in [3.8, 4) is 0 Å². The van der Waals surface area contributed by atoms with E-state index in [4.69, 9.17) is 0 Å². The SMILES string of the molecule is Cn1cc(CCC(CBr)Cc2ccccc2)cn1. The first-order chi connectivity index (χ1) is 8.78. The molecule has 1 unspecified atom stereocenters. The molecule has 0 fully saturated rings. The summed E-state index contributed by atoms with van der Waals surface area (Å²) in [5.74, 6) is 0.688. The minimum atomic E-state index is 0.688. The first kappa shape index (κ1) is 13.3. The van der Waals surface area contributed by atoms with Gasteiger partial charge in [-0.1, -0.05) is 46.3 Å². The lowest BCUT2D eigenvalue weighted by Crippen LogP contribution is -2.07. The summed E-state index contributed by atoms with van der Waals surface area (Å²) in [4.78, 5) is 0. The molecule has 2 aromatic rings. The van der Waals surface area contributed by atoms with E-state index in [2.05, 4.69) is 57.6 Å². The Kier molecular flexibility index (Phi) is 5.00.